The van der Waals surface area contributed by atoms with Crippen LogP contribution in [0.3, 0.4) is 0 Å². The number of carbonyl (C=O) groups excluding carboxylic acids is 1. The second-order valence-corrected chi connectivity index (χ2v) is 3.97. The maximum atomic E-state index is 13.3. The summed E-state index contributed by atoms with van der Waals surface area (Å²) in [7, 11) is 1.02. The van der Waals surface area contributed by atoms with Crippen molar-refractivity contribution in [2.24, 2.45) is 0 Å². The number of hydrogen-bond acceptors (Lipinski definition) is 2. The molecule has 0 spiro atoms. The number of hydrogen-bond donors (Lipinski definition) is 0. The Bertz CT molecular complexity index is 405. The van der Waals surface area contributed by atoms with Gasteiger partial charge in [0, 0.05) is 3.57 Å². The van der Waals surface area contributed by atoms with E-state index in [-0.39, 0.29) is 9.64 Å². The van der Waals surface area contributed by atoms with Crippen molar-refractivity contribution >= 4 is 28.6 Å². The lowest BCUT2D eigenvalue weighted by Crippen LogP contribution is -2.12. The fraction of sp³-hybridized carbons (Fsp3) is 0.222. The molecule has 0 amide bonds. The Kier molecular flexibility index (Phi) is 3.76. The average Bonchev–Trinajstić information content (AvgIpc) is 2.14. The summed E-state index contributed by atoms with van der Waals surface area (Å²) < 4.78 is 54.2. The maximum absolute atomic E-state index is 13.3. The van der Waals surface area contributed by atoms with Crippen LogP contribution in [0, 0.1) is 9.39 Å². The van der Waals surface area contributed by atoms with Crippen LogP contribution in [0.2, 0.25) is 0 Å². The van der Waals surface area contributed by atoms with Gasteiger partial charge in [-0.25, -0.2) is 9.18 Å². The van der Waals surface area contributed by atoms with Crippen molar-refractivity contribution in [2.45, 2.75) is 6.18 Å². The number of carbonyl (C=O) groups is 1. The summed E-state index contributed by atoms with van der Waals surface area (Å²) in [6.45, 7) is 0. The number of methoxy groups -OCH3 is 1. The van der Waals surface area contributed by atoms with Gasteiger partial charge in [0.15, 0.2) is 0 Å². The number of esters is 1. The molecule has 0 saturated carbocycles. The Morgan fingerprint density at radius 1 is 1.38 bits per heavy atom. The van der Waals surface area contributed by atoms with E-state index in [1.165, 1.54) is 22.6 Å². The van der Waals surface area contributed by atoms with E-state index < -0.39 is 29.1 Å². The molecular weight excluding hydrogens is 343 g/mol. The first kappa shape index (κ1) is 13.2. The molecule has 1 aromatic rings. The first-order valence-corrected chi connectivity index (χ1v) is 4.99. The van der Waals surface area contributed by atoms with Gasteiger partial charge in [0.1, 0.15) is 11.4 Å². The first-order chi connectivity index (χ1) is 7.27. The highest BCUT2D eigenvalue weighted by Gasteiger charge is 2.33. The molecule has 1 aromatic carbocycles. The normalized spacial score (nSPS) is 11.4. The summed E-state index contributed by atoms with van der Waals surface area (Å²) in [6, 6.07) is 0.963. The molecule has 0 aromatic heterocycles. The standard InChI is InChI=1S/C9H5F4IO2/c1-16-8(15)7-5(10)2-4(3-6(7)14)9(11,12)13/h2-3H,1H3. The maximum Gasteiger partial charge on any atom is 0.416 e. The van der Waals surface area contributed by atoms with Gasteiger partial charge in [0.2, 0.25) is 0 Å². The van der Waals surface area contributed by atoms with Crippen LogP contribution in [-0.2, 0) is 10.9 Å². The highest BCUT2D eigenvalue weighted by Crippen LogP contribution is 2.32. The molecule has 0 N–H and O–H groups in total. The van der Waals surface area contributed by atoms with Crippen molar-refractivity contribution in [1.82, 2.24) is 0 Å². The second-order valence-electron chi connectivity index (χ2n) is 2.80. The summed E-state index contributed by atoms with van der Waals surface area (Å²) in [4.78, 5) is 11.1. The molecule has 1 rings (SSSR count). The molecule has 88 valence electrons. The summed E-state index contributed by atoms with van der Waals surface area (Å²) in [5.41, 5.74) is -1.63. The van der Waals surface area contributed by atoms with Gasteiger partial charge in [-0.2, -0.15) is 13.2 Å². The monoisotopic (exact) mass is 348 g/mol. The minimum atomic E-state index is -4.64. The van der Waals surface area contributed by atoms with Crippen molar-refractivity contribution in [1.29, 1.82) is 0 Å². The molecule has 0 atom stereocenters. The first-order valence-electron chi connectivity index (χ1n) is 3.92. The molecule has 0 bridgehead atoms. The molecule has 7 heteroatoms. The molecular formula is C9H5F4IO2. The average molecular weight is 348 g/mol. The third-order valence-corrected chi connectivity index (χ3v) is 2.61. The number of benzene rings is 1. The summed E-state index contributed by atoms with van der Waals surface area (Å²) in [5, 5.41) is 0. The van der Waals surface area contributed by atoms with Gasteiger partial charge in [0.25, 0.3) is 0 Å². The van der Waals surface area contributed by atoms with Crippen molar-refractivity contribution in [3.63, 3.8) is 0 Å². The smallest absolute Gasteiger partial charge is 0.416 e. The Labute approximate surface area is 102 Å². The van der Waals surface area contributed by atoms with Crippen LogP contribution in [-0.4, -0.2) is 13.1 Å². The van der Waals surface area contributed by atoms with E-state index in [2.05, 4.69) is 4.74 Å². The van der Waals surface area contributed by atoms with Gasteiger partial charge in [-0.1, -0.05) is 0 Å². The van der Waals surface area contributed by atoms with Crippen LogP contribution in [0.5, 0.6) is 0 Å². The lowest BCUT2D eigenvalue weighted by Gasteiger charge is -2.10. The molecule has 16 heavy (non-hydrogen) atoms. The quantitative estimate of drug-likeness (QED) is 0.443. The molecule has 0 saturated heterocycles. The molecule has 0 heterocycles. The number of alkyl halides is 3. The van der Waals surface area contributed by atoms with Crippen molar-refractivity contribution in [3.8, 4) is 0 Å². The fourth-order valence-electron chi connectivity index (χ4n) is 1.03. The van der Waals surface area contributed by atoms with Crippen LogP contribution in [0.15, 0.2) is 12.1 Å². The third kappa shape index (κ3) is 2.63. The Morgan fingerprint density at radius 3 is 2.31 bits per heavy atom. The van der Waals surface area contributed by atoms with Crippen LogP contribution in [0.1, 0.15) is 15.9 Å². The fourth-order valence-corrected chi connectivity index (χ4v) is 1.85. The molecule has 0 aliphatic carbocycles. The largest absolute Gasteiger partial charge is 0.465 e. The highest BCUT2D eigenvalue weighted by atomic mass is 127. The molecule has 0 radical (unpaired) electrons. The van der Waals surface area contributed by atoms with E-state index in [0.717, 1.165) is 7.11 Å². The summed E-state index contributed by atoms with van der Waals surface area (Å²) in [6.07, 6.45) is -4.64. The highest BCUT2D eigenvalue weighted by molar-refractivity contribution is 14.1. The lowest BCUT2D eigenvalue weighted by molar-refractivity contribution is -0.137. The molecule has 0 unspecified atom stereocenters. The van der Waals surface area contributed by atoms with Crippen LogP contribution < -0.4 is 0 Å². The Hall–Kier alpha value is -0.860. The zero-order valence-electron chi connectivity index (χ0n) is 7.86. The van der Waals surface area contributed by atoms with E-state index in [0.29, 0.717) is 6.07 Å². The van der Waals surface area contributed by atoms with Crippen molar-refractivity contribution < 1.29 is 27.1 Å². The van der Waals surface area contributed by atoms with Crippen LogP contribution in [0.4, 0.5) is 17.6 Å². The van der Waals surface area contributed by atoms with E-state index in [1.54, 1.807) is 0 Å². The van der Waals surface area contributed by atoms with Gasteiger partial charge in [-0.3, -0.25) is 0 Å². The van der Waals surface area contributed by atoms with Crippen LogP contribution >= 0.6 is 22.6 Å². The predicted molar refractivity (Wildman–Crippen MR) is 55.5 cm³/mol. The molecule has 0 aliphatic rings. The molecule has 0 aliphatic heterocycles. The van der Waals surface area contributed by atoms with Crippen LogP contribution in [0.25, 0.3) is 0 Å². The number of halogens is 5. The Balaban J connectivity index is 3.34. The minimum absolute atomic E-state index is 0.142. The zero-order chi connectivity index (χ0) is 12.5. The third-order valence-electron chi connectivity index (χ3n) is 1.76. The van der Waals surface area contributed by atoms with Crippen molar-refractivity contribution in [2.75, 3.05) is 7.11 Å². The second kappa shape index (κ2) is 4.56. The van der Waals surface area contributed by atoms with E-state index in [1.807, 2.05) is 0 Å². The lowest BCUT2D eigenvalue weighted by atomic mass is 10.1. The SMILES string of the molecule is COC(=O)c1c(F)cc(C(F)(F)F)cc1I. The van der Waals surface area contributed by atoms with Gasteiger partial charge in [-0.15, -0.1) is 0 Å². The van der Waals surface area contributed by atoms with E-state index in [4.69, 9.17) is 0 Å². The van der Waals surface area contributed by atoms with Gasteiger partial charge < -0.3 is 4.74 Å². The minimum Gasteiger partial charge on any atom is -0.465 e. The molecule has 2 nitrogen and oxygen atoms in total. The van der Waals surface area contributed by atoms with Gasteiger partial charge in [0.05, 0.1) is 12.7 Å². The predicted octanol–water partition coefficient (Wildman–Crippen LogP) is 3.24. The van der Waals surface area contributed by atoms with Gasteiger partial charge >= 0.3 is 12.1 Å². The van der Waals surface area contributed by atoms with E-state index >= 15 is 0 Å². The molecule has 0 fully saturated rings. The summed E-state index contributed by atoms with van der Waals surface area (Å²) in [5.74, 6) is -2.25. The summed E-state index contributed by atoms with van der Waals surface area (Å²) >= 11 is 1.45. The van der Waals surface area contributed by atoms with E-state index in [9.17, 15) is 22.4 Å². The number of rotatable bonds is 1. The number of ether oxygens (including phenoxy) is 1. The Morgan fingerprint density at radius 2 is 1.94 bits per heavy atom. The van der Waals surface area contributed by atoms with Crippen molar-refractivity contribution in [3.05, 3.63) is 32.6 Å². The zero-order valence-corrected chi connectivity index (χ0v) is 10.0. The van der Waals surface area contributed by atoms with Gasteiger partial charge in [-0.05, 0) is 34.7 Å². The topological polar surface area (TPSA) is 26.3 Å².